The first-order valence-corrected chi connectivity index (χ1v) is 11.6. The molecule has 0 bridgehead atoms. The summed E-state index contributed by atoms with van der Waals surface area (Å²) in [5, 5.41) is 11.4. The molecule has 6 nitrogen and oxygen atoms in total. The van der Waals surface area contributed by atoms with E-state index in [9.17, 15) is 14.3 Å². The molecule has 0 saturated carbocycles. The fourth-order valence-corrected chi connectivity index (χ4v) is 4.40. The number of amides is 1. The Labute approximate surface area is 209 Å². The lowest BCUT2D eigenvalue weighted by atomic mass is 9.97. The van der Waals surface area contributed by atoms with Crippen molar-refractivity contribution in [1.29, 1.82) is 0 Å². The van der Waals surface area contributed by atoms with Gasteiger partial charge in [-0.25, -0.2) is 9.29 Å². The van der Waals surface area contributed by atoms with Crippen molar-refractivity contribution in [3.8, 4) is 40.1 Å². The topological polar surface area (TPSA) is 59.9 Å². The standard InChI is InChI=1S/C27H26ClFN4O2/c1-18-6-7-32(16-18)22-10-20(14-30-15-22)24-13-21(29)12-23(27(24)35)19-4-5-26(25(28)11-19)33(17-34)9-8-31(2)3/h4-5,10-15,17-18,35H,6-7,16H2,1-3H3. The van der Waals surface area contributed by atoms with Gasteiger partial charge in [0.1, 0.15) is 11.6 Å². The van der Waals surface area contributed by atoms with Gasteiger partial charge in [-0.3, -0.25) is 9.78 Å². The van der Waals surface area contributed by atoms with Crippen LogP contribution in [0.4, 0.5) is 15.8 Å². The Morgan fingerprint density at radius 3 is 2.51 bits per heavy atom. The second-order valence-electron chi connectivity index (χ2n) is 8.88. The number of phenolic OH excluding ortho intramolecular Hbond substituents is 1. The minimum absolute atomic E-state index is 0.0800. The number of aromatic hydroxyl groups is 1. The Balaban J connectivity index is 1.72. The van der Waals surface area contributed by atoms with E-state index in [1.165, 1.54) is 17.0 Å². The average Bonchev–Trinajstić information content (AvgIpc) is 3.27. The molecule has 4 rings (SSSR count). The smallest absolute Gasteiger partial charge is 0.226 e. The maximum absolute atomic E-state index is 14.7. The van der Waals surface area contributed by atoms with Gasteiger partial charge in [-0.15, -0.1) is 0 Å². The summed E-state index contributed by atoms with van der Waals surface area (Å²) in [5.41, 5.74) is 3.07. The van der Waals surface area contributed by atoms with Crippen LogP contribution in [0.5, 0.6) is 5.75 Å². The molecule has 1 saturated heterocycles. The number of rotatable bonds is 5. The van der Waals surface area contributed by atoms with E-state index in [4.69, 9.17) is 11.6 Å². The SMILES string of the molecule is CC1CCN(c2cncc(-c3cc(F)cc(-c4ccc(N(C#CN(C)C)C=O)c(Cl)c4)c3O)c2)C1. The van der Waals surface area contributed by atoms with E-state index < -0.39 is 5.82 Å². The molecule has 3 aromatic rings. The van der Waals surface area contributed by atoms with Crippen molar-refractivity contribution < 1.29 is 14.3 Å². The van der Waals surface area contributed by atoms with Crippen LogP contribution in [0.1, 0.15) is 13.3 Å². The minimum Gasteiger partial charge on any atom is -0.507 e. The zero-order chi connectivity index (χ0) is 25.1. The van der Waals surface area contributed by atoms with Gasteiger partial charge in [-0.2, -0.15) is 0 Å². The van der Waals surface area contributed by atoms with Crippen LogP contribution < -0.4 is 9.80 Å². The van der Waals surface area contributed by atoms with Gasteiger partial charge in [-0.05, 0) is 48.2 Å². The summed E-state index contributed by atoms with van der Waals surface area (Å²) in [6.07, 6.45) is 5.08. The van der Waals surface area contributed by atoms with E-state index in [0.29, 0.717) is 34.7 Å². The van der Waals surface area contributed by atoms with Gasteiger partial charge in [0.2, 0.25) is 6.41 Å². The Hall–Kier alpha value is -3.76. The first kappa shape index (κ1) is 24.4. The van der Waals surface area contributed by atoms with Gasteiger partial charge in [0.25, 0.3) is 0 Å². The second kappa shape index (κ2) is 10.2. The van der Waals surface area contributed by atoms with Gasteiger partial charge >= 0.3 is 0 Å². The van der Waals surface area contributed by atoms with Crippen molar-refractivity contribution in [2.45, 2.75) is 13.3 Å². The summed E-state index contributed by atoms with van der Waals surface area (Å²) in [6.45, 7) is 4.09. The number of hydrogen-bond donors (Lipinski definition) is 1. The van der Waals surface area contributed by atoms with Gasteiger partial charge in [0.05, 0.1) is 22.6 Å². The highest BCUT2D eigenvalue weighted by atomic mass is 35.5. The van der Waals surface area contributed by atoms with Crippen LogP contribution in [-0.4, -0.2) is 48.6 Å². The quantitative estimate of drug-likeness (QED) is 0.301. The average molecular weight is 493 g/mol. The molecule has 0 spiro atoms. The molecule has 180 valence electrons. The third kappa shape index (κ3) is 5.33. The van der Waals surface area contributed by atoms with Gasteiger partial charge < -0.3 is 14.9 Å². The second-order valence-corrected chi connectivity index (χ2v) is 9.29. The fraction of sp³-hybridized carbons (Fsp3) is 0.259. The number of anilines is 2. The van der Waals surface area contributed by atoms with E-state index in [1.54, 1.807) is 49.6 Å². The molecule has 1 unspecified atom stereocenters. The number of pyridine rings is 1. The van der Waals surface area contributed by atoms with Crippen molar-refractivity contribution in [3.63, 3.8) is 0 Å². The monoisotopic (exact) mass is 492 g/mol. The molecule has 2 heterocycles. The summed E-state index contributed by atoms with van der Waals surface area (Å²) in [4.78, 5) is 20.9. The van der Waals surface area contributed by atoms with Gasteiger partial charge in [-0.1, -0.05) is 24.6 Å². The maximum Gasteiger partial charge on any atom is 0.226 e. The molecule has 0 radical (unpaired) electrons. The molecule has 1 N–H and O–H groups in total. The Morgan fingerprint density at radius 1 is 1.14 bits per heavy atom. The molecule has 1 aliphatic rings. The summed E-state index contributed by atoms with van der Waals surface area (Å²) in [5.74, 6) is 0.0210. The summed E-state index contributed by atoms with van der Waals surface area (Å²) in [7, 11) is 3.50. The molecule has 8 heteroatoms. The van der Waals surface area contributed by atoms with Crippen LogP contribution in [0.15, 0.2) is 48.8 Å². The van der Waals surface area contributed by atoms with E-state index >= 15 is 0 Å². The van der Waals surface area contributed by atoms with Crippen LogP contribution in [0.2, 0.25) is 5.02 Å². The fourth-order valence-electron chi connectivity index (χ4n) is 4.12. The highest BCUT2D eigenvalue weighted by Gasteiger charge is 2.21. The summed E-state index contributed by atoms with van der Waals surface area (Å²) in [6, 6.07) is 14.8. The van der Waals surface area contributed by atoms with Crippen LogP contribution >= 0.6 is 11.6 Å². The number of benzene rings is 2. The number of aromatic nitrogens is 1. The number of phenols is 1. The summed E-state index contributed by atoms with van der Waals surface area (Å²) >= 11 is 6.45. The number of nitrogens with zero attached hydrogens (tertiary/aromatic N) is 4. The van der Waals surface area contributed by atoms with Gasteiger partial charge in [0.15, 0.2) is 0 Å². The highest BCUT2D eigenvalue weighted by Crippen LogP contribution is 2.41. The first-order chi connectivity index (χ1) is 16.8. The molecular weight excluding hydrogens is 467 g/mol. The molecule has 1 amide bonds. The molecule has 1 aromatic heterocycles. The van der Waals surface area contributed by atoms with Crippen molar-refractivity contribution in [2.24, 2.45) is 5.92 Å². The first-order valence-electron chi connectivity index (χ1n) is 11.2. The predicted octanol–water partition coefficient (Wildman–Crippen LogP) is 5.20. The number of hydrogen-bond acceptors (Lipinski definition) is 5. The minimum atomic E-state index is -0.500. The zero-order valence-corrected chi connectivity index (χ0v) is 20.6. The Kier molecular flexibility index (Phi) is 7.13. The Morgan fingerprint density at radius 2 is 1.89 bits per heavy atom. The van der Waals surface area contributed by atoms with Crippen LogP contribution in [-0.2, 0) is 4.79 Å². The molecular formula is C27H26ClFN4O2. The largest absolute Gasteiger partial charge is 0.507 e. The van der Waals surface area contributed by atoms with Crippen molar-refractivity contribution in [1.82, 2.24) is 9.88 Å². The van der Waals surface area contributed by atoms with Crippen LogP contribution in [0, 0.1) is 23.8 Å². The van der Waals surface area contributed by atoms with Crippen molar-refractivity contribution >= 4 is 29.4 Å². The van der Waals surface area contributed by atoms with Crippen molar-refractivity contribution in [3.05, 3.63) is 59.6 Å². The van der Waals surface area contributed by atoms with E-state index in [2.05, 4.69) is 28.9 Å². The third-order valence-corrected chi connectivity index (χ3v) is 6.22. The number of carbonyl (C=O) groups excluding carboxylic acids is 1. The normalized spacial score (nSPS) is 14.9. The third-order valence-electron chi connectivity index (χ3n) is 5.92. The van der Waals surface area contributed by atoms with Crippen molar-refractivity contribution in [2.75, 3.05) is 37.0 Å². The highest BCUT2D eigenvalue weighted by molar-refractivity contribution is 6.34. The lowest BCUT2D eigenvalue weighted by Gasteiger charge is -2.19. The van der Waals surface area contributed by atoms with E-state index in [1.807, 2.05) is 6.07 Å². The Bertz CT molecular complexity index is 1320. The lowest BCUT2D eigenvalue weighted by molar-refractivity contribution is -0.106. The molecule has 1 aliphatic heterocycles. The molecule has 1 fully saturated rings. The van der Waals surface area contributed by atoms with Crippen LogP contribution in [0.25, 0.3) is 22.3 Å². The maximum atomic E-state index is 14.7. The summed E-state index contributed by atoms with van der Waals surface area (Å²) < 4.78 is 14.7. The van der Waals surface area contributed by atoms with E-state index in [-0.39, 0.29) is 16.3 Å². The molecule has 2 aromatic carbocycles. The molecule has 35 heavy (non-hydrogen) atoms. The zero-order valence-electron chi connectivity index (χ0n) is 19.8. The lowest BCUT2D eigenvalue weighted by Crippen LogP contribution is -2.19. The van der Waals surface area contributed by atoms with E-state index in [0.717, 1.165) is 25.2 Å². The van der Waals surface area contributed by atoms with Crippen LogP contribution in [0.3, 0.4) is 0 Å². The molecule has 0 aliphatic carbocycles. The van der Waals surface area contributed by atoms with Gasteiger partial charge in [0, 0.05) is 62.2 Å². The number of halogens is 2. The predicted molar refractivity (Wildman–Crippen MR) is 138 cm³/mol. The number of carbonyl (C=O) groups is 1. The molecule has 1 atom stereocenters.